The van der Waals surface area contributed by atoms with Gasteiger partial charge in [0.15, 0.2) is 16.1 Å². The summed E-state index contributed by atoms with van der Waals surface area (Å²) in [7, 11) is -6.33. The Balaban J connectivity index is 0.559. The lowest BCUT2D eigenvalue weighted by molar-refractivity contribution is 0.983. The van der Waals surface area contributed by atoms with Gasteiger partial charge in [-0.3, -0.25) is 31.5 Å². The van der Waals surface area contributed by atoms with E-state index in [0.717, 1.165) is 162 Å². The van der Waals surface area contributed by atoms with E-state index in [1.54, 1.807) is 0 Å². The molecule has 0 radical (unpaired) electrons. The van der Waals surface area contributed by atoms with Crippen LogP contribution in [0.2, 0.25) is 0 Å². The standard InChI is InChI=1S/C133H86N14Si2/c1-5-37-95(38-6-1)148(96-39-7-2-8-40-96,101-45-33-35-93(85-101)139-112-54-20-13-47-103(112)104-48-14-21-55-113(104)139)99-73-67-87(68-74-99)91-81-127(137-128(82-91)145-124-64-30-27-61-121(124)142-118-59-25-18-52-109(118)134-131(142)145)141-116-58-24-17-51-107(116)108-79-89(71-77-117(108)141)90-72-78-120-111(80-90)136-133-144(120)123-63-29-32-66-126(123)147(133)130-84-92(83-129(138-130)146-125-65-31-28-62-122(125)143-119-60-26-19-53-110(119)135-132(143)146)88-69-75-100(76-70-88)149(97-41-9-3-10-42-97,98-43-11-4-12-44-98)102-46-34-36-94(86-102)140-114-56-22-15-49-105(114)106-50-16-23-57-115(106)140/h1-86H. The molecule has 31 rings (SSSR count). The van der Waals surface area contributed by atoms with Gasteiger partial charge < -0.3 is 9.13 Å². The van der Waals surface area contributed by atoms with Crippen molar-refractivity contribution in [3.63, 3.8) is 0 Å². The van der Waals surface area contributed by atoms with Gasteiger partial charge in [0.2, 0.25) is 17.3 Å². The molecule has 149 heavy (non-hydrogen) atoms. The van der Waals surface area contributed by atoms with Crippen molar-refractivity contribution >= 4 is 207 Å². The van der Waals surface area contributed by atoms with E-state index in [-0.39, 0.29) is 0 Å². The summed E-state index contributed by atoms with van der Waals surface area (Å²) in [5, 5.41) is 17.4. The smallest absolute Gasteiger partial charge is 0.221 e. The molecule has 11 aromatic heterocycles. The van der Waals surface area contributed by atoms with Crippen molar-refractivity contribution in [1.82, 2.24) is 65.5 Å². The van der Waals surface area contributed by atoms with Crippen LogP contribution in [-0.2, 0) is 0 Å². The first-order chi connectivity index (χ1) is 73.9. The number of hydrogen-bond donors (Lipinski definition) is 0. The van der Waals surface area contributed by atoms with Gasteiger partial charge in [-0.1, -0.05) is 358 Å². The Morgan fingerprint density at radius 2 is 0.389 bits per heavy atom. The number of fused-ring (bicyclic) bond motifs is 24. The molecule has 0 N–H and O–H groups in total. The van der Waals surface area contributed by atoms with Gasteiger partial charge in [-0.15, -0.1) is 0 Å². The van der Waals surface area contributed by atoms with Crippen molar-refractivity contribution in [2.24, 2.45) is 0 Å². The molecule has 0 atom stereocenters. The van der Waals surface area contributed by atoms with Crippen LogP contribution in [-0.4, -0.2) is 81.7 Å². The molecular weight excluding hydrogens is 1850 g/mol. The van der Waals surface area contributed by atoms with Crippen molar-refractivity contribution in [3.8, 4) is 68.0 Å². The van der Waals surface area contributed by atoms with Gasteiger partial charge in [0.1, 0.15) is 23.3 Å². The van der Waals surface area contributed by atoms with Crippen molar-refractivity contribution in [2.75, 3.05) is 0 Å². The number of para-hydroxylation sites is 15. The van der Waals surface area contributed by atoms with Crippen LogP contribution in [0.5, 0.6) is 0 Å². The van der Waals surface area contributed by atoms with Crippen molar-refractivity contribution < 1.29 is 0 Å². The first kappa shape index (κ1) is 83.9. The van der Waals surface area contributed by atoms with E-state index in [2.05, 4.69) is 562 Å². The molecule has 0 aliphatic rings. The highest BCUT2D eigenvalue weighted by molar-refractivity contribution is 7.20. The second-order valence-electron chi connectivity index (χ2n) is 39.1. The molecule has 0 spiro atoms. The largest absolute Gasteiger partial charge is 0.309 e. The number of pyridine rings is 2. The Kier molecular flexibility index (Phi) is 18.6. The van der Waals surface area contributed by atoms with Gasteiger partial charge in [-0.05, 0) is 239 Å². The minimum absolute atomic E-state index is 0.701. The van der Waals surface area contributed by atoms with E-state index in [4.69, 9.17) is 24.9 Å². The van der Waals surface area contributed by atoms with E-state index in [9.17, 15) is 0 Å². The lowest BCUT2D eigenvalue weighted by atomic mass is 10.0. The van der Waals surface area contributed by atoms with Crippen molar-refractivity contribution in [1.29, 1.82) is 0 Å². The summed E-state index contributed by atoms with van der Waals surface area (Å²) in [5.74, 6) is 5.18. The van der Waals surface area contributed by atoms with Gasteiger partial charge in [-0.2, -0.15) is 0 Å². The van der Waals surface area contributed by atoms with Crippen molar-refractivity contribution in [3.05, 3.63) is 522 Å². The molecule has 16 heteroatoms. The van der Waals surface area contributed by atoms with Crippen LogP contribution in [0.15, 0.2) is 522 Å². The van der Waals surface area contributed by atoms with E-state index >= 15 is 0 Å². The molecule has 11 heterocycles. The maximum absolute atomic E-state index is 5.92. The zero-order chi connectivity index (χ0) is 97.7. The van der Waals surface area contributed by atoms with E-state index < -0.39 is 16.1 Å². The Morgan fingerprint density at radius 1 is 0.134 bits per heavy atom. The zero-order valence-corrected chi connectivity index (χ0v) is 82.4. The summed E-state index contributed by atoms with van der Waals surface area (Å²) in [6.07, 6.45) is 0. The third-order valence-electron chi connectivity index (χ3n) is 31.3. The minimum Gasteiger partial charge on any atom is -0.309 e. The van der Waals surface area contributed by atoms with E-state index in [1.165, 1.54) is 85.1 Å². The molecule has 0 bridgehead atoms. The molecule has 31 aromatic rings. The van der Waals surface area contributed by atoms with Gasteiger partial charge >= 0.3 is 0 Å². The van der Waals surface area contributed by atoms with Crippen LogP contribution in [0.3, 0.4) is 0 Å². The molecule has 0 fully saturated rings. The quantitative estimate of drug-likeness (QED) is 0.0667. The van der Waals surface area contributed by atoms with Crippen LogP contribution < -0.4 is 41.5 Å². The first-order valence-electron chi connectivity index (χ1n) is 50.8. The maximum atomic E-state index is 5.92. The minimum atomic E-state index is -3.17. The van der Waals surface area contributed by atoms with Gasteiger partial charge in [0.25, 0.3) is 0 Å². The summed E-state index contributed by atoms with van der Waals surface area (Å²) in [4.78, 5) is 28.6. The Morgan fingerprint density at radius 3 is 0.758 bits per heavy atom. The highest BCUT2D eigenvalue weighted by Crippen LogP contribution is 2.43. The number of benzene rings is 20. The van der Waals surface area contributed by atoms with E-state index in [0.29, 0.717) is 11.6 Å². The molecule has 0 saturated heterocycles. The molecule has 20 aromatic carbocycles. The first-order valence-corrected chi connectivity index (χ1v) is 54.8. The average molecular weight is 1940 g/mol. The maximum Gasteiger partial charge on any atom is 0.221 e. The summed E-state index contributed by atoms with van der Waals surface area (Å²) in [6, 6.07) is 192. The van der Waals surface area contributed by atoms with Crippen LogP contribution in [0.1, 0.15) is 0 Å². The third kappa shape index (κ3) is 12.5. The highest BCUT2D eigenvalue weighted by atomic mass is 28.3. The molecule has 696 valence electrons. The highest BCUT2D eigenvalue weighted by Gasteiger charge is 2.44. The van der Waals surface area contributed by atoms with Crippen LogP contribution >= 0.6 is 0 Å². The number of hydrogen-bond acceptors (Lipinski definition) is 5. The van der Waals surface area contributed by atoms with Gasteiger partial charge in [0.05, 0.1) is 99.3 Å². The normalized spacial score (nSPS) is 12.3. The second kappa shape index (κ2) is 32.9. The van der Waals surface area contributed by atoms with Crippen LogP contribution in [0.4, 0.5) is 0 Å². The number of nitrogens with zero attached hydrogens (tertiary/aromatic N) is 14. The fourth-order valence-corrected chi connectivity index (χ4v) is 34.4. The fraction of sp³-hybridized carbons (Fsp3) is 0. The summed E-state index contributed by atoms with van der Waals surface area (Å²) < 4.78 is 20.9. The lowest BCUT2D eigenvalue weighted by Gasteiger charge is -2.35. The molecular formula is C133H86N14Si2. The number of imidazole rings is 6. The average Bonchev–Trinajstić information content (AvgIpc) is 1.59. The van der Waals surface area contributed by atoms with Crippen molar-refractivity contribution in [2.45, 2.75) is 0 Å². The van der Waals surface area contributed by atoms with Crippen LogP contribution in [0.25, 0.3) is 217 Å². The third-order valence-corrected chi connectivity index (χ3v) is 40.8. The predicted octanol–water partition coefficient (Wildman–Crippen LogP) is 25.8. The number of rotatable bonds is 17. The monoisotopic (exact) mass is 1930 g/mol. The van der Waals surface area contributed by atoms with Crippen LogP contribution in [0, 0.1) is 0 Å². The SMILES string of the molecule is c1ccc([Si](c2ccccc2)(c2ccc(-c3cc(-n4c5ccccc5c5cc(-c6ccc7c(c6)nc6n(-c8cc(-c9ccc([Si](c%10ccccc%10)(c%10ccccc%10)c%10cccc(-n%11c%12ccccc%12c%12ccccc%12%11)c%10)cc9)cc(-n9c%10ccccc%10n%10c%11ccccc%11nc9%10)n8)c8ccccc8n76)ccc54)nc(-n4c5ccccc5n5c6ccccc6nc45)c3)cc2)c2cccc(-n3c4ccccc4c4ccccc43)c2)cc1. The molecule has 0 aliphatic heterocycles. The summed E-state index contributed by atoms with van der Waals surface area (Å²) in [6.45, 7) is 0. The summed E-state index contributed by atoms with van der Waals surface area (Å²) in [5.41, 5.74) is 26.8. The Bertz CT molecular complexity index is 10700. The second-order valence-corrected chi connectivity index (χ2v) is 46.7. The van der Waals surface area contributed by atoms with Gasteiger partial charge in [-0.25, -0.2) is 24.9 Å². The molecule has 14 nitrogen and oxygen atoms in total. The molecule has 0 amide bonds. The molecule has 0 saturated carbocycles. The Hall–Kier alpha value is -19.7. The zero-order valence-electron chi connectivity index (χ0n) is 80.4. The summed E-state index contributed by atoms with van der Waals surface area (Å²) >= 11 is 0. The van der Waals surface area contributed by atoms with Gasteiger partial charge in [0, 0.05) is 43.7 Å². The topological polar surface area (TPSA) is 107 Å². The molecule has 0 unspecified atom stereocenters. The predicted molar refractivity (Wildman–Crippen MR) is 618 cm³/mol. The fourth-order valence-electron chi connectivity index (χ4n) is 24.9. The van der Waals surface area contributed by atoms with E-state index in [1.807, 2.05) is 0 Å². The number of aromatic nitrogens is 14. The molecule has 0 aliphatic carbocycles. The Labute approximate surface area is 855 Å². The lowest BCUT2D eigenvalue weighted by Crippen LogP contribution is -2.74.